The quantitative estimate of drug-likeness (QED) is 0.869. The van der Waals surface area contributed by atoms with E-state index in [1.807, 2.05) is 12.4 Å². The van der Waals surface area contributed by atoms with Gasteiger partial charge in [-0.2, -0.15) is 0 Å². The number of H-pyrrole nitrogens is 1. The molecule has 114 valence electrons. The summed E-state index contributed by atoms with van der Waals surface area (Å²) < 4.78 is 0. The van der Waals surface area contributed by atoms with Crippen LogP contribution in [0.4, 0.5) is 0 Å². The number of piperazine rings is 1. The highest BCUT2D eigenvalue weighted by atomic mass is 35.5. The fourth-order valence-corrected chi connectivity index (χ4v) is 3.25. The molecule has 0 radical (unpaired) electrons. The summed E-state index contributed by atoms with van der Waals surface area (Å²) in [6.45, 7) is 11.7. The van der Waals surface area contributed by atoms with E-state index in [9.17, 15) is 0 Å². The zero-order valence-electron chi connectivity index (χ0n) is 12.3. The Morgan fingerprint density at radius 3 is 2.60 bits per heavy atom. The van der Waals surface area contributed by atoms with E-state index >= 15 is 0 Å². The normalized spacial score (nSPS) is 28.4. The van der Waals surface area contributed by atoms with Gasteiger partial charge in [0.15, 0.2) is 0 Å². The summed E-state index contributed by atoms with van der Waals surface area (Å²) in [5.41, 5.74) is 0.489. The monoisotopic (exact) mass is 299 g/mol. The fourth-order valence-electron chi connectivity index (χ4n) is 3.25. The average molecular weight is 300 g/mol. The van der Waals surface area contributed by atoms with E-state index in [0.29, 0.717) is 5.41 Å². The molecule has 5 nitrogen and oxygen atoms in total. The number of imidazole rings is 1. The Hall–Kier alpha value is -0.620. The zero-order valence-corrected chi connectivity index (χ0v) is 13.1. The first-order valence-corrected chi connectivity index (χ1v) is 7.37. The van der Waals surface area contributed by atoms with Gasteiger partial charge in [0.25, 0.3) is 0 Å². The summed E-state index contributed by atoms with van der Waals surface area (Å²) in [7, 11) is 0. The SMILES string of the molecule is CC1(CN2CCN(Cc3ncc[nH]3)CC2)CCNC1.Cl. The Morgan fingerprint density at radius 2 is 2.00 bits per heavy atom. The van der Waals surface area contributed by atoms with Gasteiger partial charge in [-0.1, -0.05) is 6.92 Å². The Morgan fingerprint density at radius 1 is 1.25 bits per heavy atom. The second-order valence-electron chi connectivity index (χ2n) is 6.33. The Labute approximate surface area is 127 Å². The van der Waals surface area contributed by atoms with Gasteiger partial charge in [-0.25, -0.2) is 4.98 Å². The number of hydrogen-bond donors (Lipinski definition) is 2. The lowest BCUT2D eigenvalue weighted by Crippen LogP contribution is -2.49. The van der Waals surface area contributed by atoms with Gasteiger partial charge in [0.2, 0.25) is 0 Å². The number of hydrogen-bond acceptors (Lipinski definition) is 4. The second-order valence-corrected chi connectivity index (χ2v) is 6.33. The lowest BCUT2D eigenvalue weighted by molar-refractivity contribution is 0.0920. The van der Waals surface area contributed by atoms with E-state index in [4.69, 9.17) is 0 Å². The summed E-state index contributed by atoms with van der Waals surface area (Å²) in [6.07, 6.45) is 5.05. The highest BCUT2D eigenvalue weighted by Gasteiger charge is 2.31. The third-order valence-electron chi connectivity index (χ3n) is 4.46. The van der Waals surface area contributed by atoms with Gasteiger partial charge in [-0.05, 0) is 18.4 Å². The molecule has 2 aliphatic rings. The molecule has 1 aromatic heterocycles. The number of rotatable bonds is 4. The zero-order chi connectivity index (χ0) is 13.1. The summed E-state index contributed by atoms with van der Waals surface area (Å²) in [5.74, 6) is 1.08. The van der Waals surface area contributed by atoms with Crippen molar-refractivity contribution in [3.63, 3.8) is 0 Å². The highest BCUT2D eigenvalue weighted by Crippen LogP contribution is 2.26. The van der Waals surface area contributed by atoms with Crippen LogP contribution in [0.1, 0.15) is 19.2 Å². The molecular formula is C14H26ClN5. The minimum atomic E-state index is 0. The van der Waals surface area contributed by atoms with E-state index in [-0.39, 0.29) is 12.4 Å². The van der Waals surface area contributed by atoms with Crippen molar-refractivity contribution in [2.75, 3.05) is 45.8 Å². The van der Waals surface area contributed by atoms with Crippen LogP contribution in [0.5, 0.6) is 0 Å². The van der Waals surface area contributed by atoms with E-state index < -0.39 is 0 Å². The Bertz CT molecular complexity index is 380. The van der Waals surface area contributed by atoms with Crippen LogP contribution in [-0.2, 0) is 6.54 Å². The number of halogens is 1. The van der Waals surface area contributed by atoms with E-state index in [1.165, 1.54) is 39.1 Å². The molecule has 0 aliphatic carbocycles. The summed E-state index contributed by atoms with van der Waals surface area (Å²) in [5, 5.41) is 3.49. The van der Waals surface area contributed by atoms with Gasteiger partial charge in [0, 0.05) is 51.7 Å². The molecule has 0 bridgehead atoms. The smallest absolute Gasteiger partial charge is 0.120 e. The molecule has 3 heterocycles. The third-order valence-corrected chi connectivity index (χ3v) is 4.46. The Balaban J connectivity index is 0.00000147. The molecule has 1 atom stereocenters. The number of aromatic amines is 1. The van der Waals surface area contributed by atoms with Crippen LogP contribution in [0.2, 0.25) is 0 Å². The second kappa shape index (κ2) is 6.89. The minimum absolute atomic E-state index is 0. The lowest BCUT2D eigenvalue weighted by Gasteiger charge is -2.38. The predicted molar refractivity (Wildman–Crippen MR) is 83.1 cm³/mol. The van der Waals surface area contributed by atoms with Crippen molar-refractivity contribution in [1.82, 2.24) is 25.1 Å². The summed E-state index contributed by atoms with van der Waals surface area (Å²) in [6, 6.07) is 0. The number of nitrogens with one attached hydrogen (secondary N) is 2. The van der Waals surface area contributed by atoms with Gasteiger partial charge in [0.05, 0.1) is 6.54 Å². The van der Waals surface area contributed by atoms with Crippen molar-refractivity contribution >= 4 is 12.4 Å². The molecule has 1 aromatic rings. The summed E-state index contributed by atoms with van der Waals surface area (Å²) in [4.78, 5) is 12.6. The molecule has 1 unspecified atom stereocenters. The molecule has 0 amide bonds. The van der Waals surface area contributed by atoms with Gasteiger partial charge < -0.3 is 15.2 Å². The number of aromatic nitrogens is 2. The first-order valence-electron chi connectivity index (χ1n) is 7.37. The minimum Gasteiger partial charge on any atom is -0.348 e. The molecule has 3 rings (SSSR count). The maximum absolute atomic E-state index is 4.30. The molecule has 2 N–H and O–H groups in total. The molecule has 2 fully saturated rings. The van der Waals surface area contributed by atoms with Crippen LogP contribution < -0.4 is 5.32 Å². The van der Waals surface area contributed by atoms with Crippen molar-refractivity contribution in [2.45, 2.75) is 19.9 Å². The van der Waals surface area contributed by atoms with Crippen molar-refractivity contribution in [3.05, 3.63) is 18.2 Å². The van der Waals surface area contributed by atoms with Crippen molar-refractivity contribution in [1.29, 1.82) is 0 Å². The van der Waals surface area contributed by atoms with Crippen molar-refractivity contribution in [2.24, 2.45) is 5.41 Å². The molecule has 2 saturated heterocycles. The largest absolute Gasteiger partial charge is 0.348 e. The molecule has 0 aromatic carbocycles. The van der Waals surface area contributed by atoms with Crippen LogP contribution in [0.3, 0.4) is 0 Å². The number of nitrogens with zero attached hydrogens (tertiary/aromatic N) is 3. The van der Waals surface area contributed by atoms with Gasteiger partial charge in [0.1, 0.15) is 5.82 Å². The van der Waals surface area contributed by atoms with E-state index in [0.717, 1.165) is 25.5 Å². The van der Waals surface area contributed by atoms with E-state index in [1.54, 1.807) is 0 Å². The first-order chi connectivity index (χ1) is 9.23. The molecule has 6 heteroatoms. The topological polar surface area (TPSA) is 47.2 Å². The molecule has 20 heavy (non-hydrogen) atoms. The molecule has 2 aliphatic heterocycles. The van der Waals surface area contributed by atoms with E-state index in [2.05, 4.69) is 32.0 Å². The average Bonchev–Trinajstić information content (AvgIpc) is 3.04. The van der Waals surface area contributed by atoms with Gasteiger partial charge >= 0.3 is 0 Å². The standard InChI is InChI=1S/C14H25N5.ClH/c1-14(2-3-15-11-14)12-19-8-6-18(7-9-19)10-13-16-4-5-17-13;/h4-5,15H,2-3,6-12H2,1H3,(H,16,17);1H. The van der Waals surface area contributed by atoms with Gasteiger partial charge in [-0.15, -0.1) is 12.4 Å². The Kier molecular flexibility index (Phi) is 5.43. The molecule has 0 spiro atoms. The van der Waals surface area contributed by atoms with Crippen molar-refractivity contribution < 1.29 is 0 Å². The van der Waals surface area contributed by atoms with Crippen LogP contribution in [0.25, 0.3) is 0 Å². The van der Waals surface area contributed by atoms with Crippen molar-refractivity contribution in [3.8, 4) is 0 Å². The van der Waals surface area contributed by atoms with Crippen LogP contribution in [0, 0.1) is 5.41 Å². The first kappa shape index (κ1) is 15.8. The van der Waals surface area contributed by atoms with Crippen LogP contribution in [0.15, 0.2) is 12.4 Å². The maximum Gasteiger partial charge on any atom is 0.120 e. The molecule has 0 saturated carbocycles. The summed E-state index contributed by atoms with van der Waals surface area (Å²) >= 11 is 0. The van der Waals surface area contributed by atoms with Crippen LogP contribution >= 0.6 is 12.4 Å². The van der Waals surface area contributed by atoms with Crippen LogP contribution in [-0.4, -0.2) is 65.6 Å². The lowest BCUT2D eigenvalue weighted by atomic mass is 9.89. The third kappa shape index (κ3) is 3.95. The fraction of sp³-hybridized carbons (Fsp3) is 0.786. The van der Waals surface area contributed by atoms with Gasteiger partial charge in [-0.3, -0.25) is 4.90 Å². The predicted octanol–water partition coefficient (Wildman–Crippen LogP) is 0.949. The molecular weight excluding hydrogens is 274 g/mol. The highest BCUT2D eigenvalue weighted by molar-refractivity contribution is 5.85. The maximum atomic E-state index is 4.30.